The molecular weight excluding hydrogens is 402 g/mol. The molecule has 2 amide bonds. The molecule has 3 aromatic carbocycles. The van der Waals surface area contributed by atoms with Crippen molar-refractivity contribution in [3.05, 3.63) is 108 Å². The molecule has 0 aliphatic rings. The third kappa shape index (κ3) is 5.51. The van der Waals surface area contributed by atoms with Crippen molar-refractivity contribution in [2.45, 2.75) is 26.1 Å². The fourth-order valence-corrected chi connectivity index (χ4v) is 3.29. The predicted octanol–water partition coefficient (Wildman–Crippen LogP) is 4.41. The second-order valence-corrected chi connectivity index (χ2v) is 7.36. The number of nitrogens with one attached hydrogen (secondary N) is 2. The summed E-state index contributed by atoms with van der Waals surface area (Å²) in [5, 5.41) is 10.0. The number of nitrogens with zero attached hydrogens (tertiary/aromatic N) is 3. The average molecular weight is 428 g/mol. The third-order valence-corrected chi connectivity index (χ3v) is 5.07. The van der Waals surface area contributed by atoms with Crippen LogP contribution in [0.4, 0.5) is 4.79 Å². The monoisotopic (exact) mass is 427 g/mol. The molecule has 4 aromatic rings. The summed E-state index contributed by atoms with van der Waals surface area (Å²) in [5.41, 5.74) is 3.92. The molecule has 0 spiro atoms. The van der Waals surface area contributed by atoms with Crippen molar-refractivity contribution in [1.82, 2.24) is 25.4 Å². The van der Waals surface area contributed by atoms with Gasteiger partial charge in [0.15, 0.2) is 0 Å². The molecule has 7 heteroatoms. The highest BCUT2D eigenvalue weighted by Crippen LogP contribution is 2.19. The summed E-state index contributed by atoms with van der Waals surface area (Å²) in [6.07, 6.45) is 3.14. The summed E-state index contributed by atoms with van der Waals surface area (Å²) < 4.78 is 7.65. The normalized spacial score (nSPS) is 11.5. The van der Waals surface area contributed by atoms with Crippen molar-refractivity contribution in [2.24, 2.45) is 0 Å². The van der Waals surface area contributed by atoms with E-state index < -0.39 is 0 Å². The minimum Gasteiger partial charge on any atom is -0.489 e. The van der Waals surface area contributed by atoms with Crippen LogP contribution in [0.5, 0.6) is 5.75 Å². The number of aromatic nitrogens is 3. The molecule has 1 unspecified atom stereocenters. The Morgan fingerprint density at radius 2 is 1.75 bits per heavy atom. The quantitative estimate of drug-likeness (QED) is 0.437. The Morgan fingerprint density at radius 1 is 1.00 bits per heavy atom. The van der Waals surface area contributed by atoms with Crippen LogP contribution in [0.15, 0.2) is 91.5 Å². The topological polar surface area (TPSA) is 81.1 Å². The van der Waals surface area contributed by atoms with E-state index in [4.69, 9.17) is 4.74 Å². The lowest BCUT2D eigenvalue weighted by atomic mass is 10.1. The van der Waals surface area contributed by atoms with Crippen molar-refractivity contribution in [3.63, 3.8) is 0 Å². The summed E-state index contributed by atoms with van der Waals surface area (Å²) in [7, 11) is 0. The molecule has 0 aliphatic carbocycles. The molecule has 0 saturated carbocycles. The number of ether oxygens (including phenoxy) is 1. The van der Waals surface area contributed by atoms with Gasteiger partial charge < -0.3 is 15.4 Å². The van der Waals surface area contributed by atoms with Gasteiger partial charge in [-0.2, -0.15) is 5.10 Å². The van der Waals surface area contributed by atoms with Crippen molar-refractivity contribution >= 4 is 6.03 Å². The van der Waals surface area contributed by atoms with Gasteiger partial charge in [0.1, 0.15) is 25.0 Å². The van der Waals surface area contributed by atoms with E-state index in [1.165, 1.54) is 6.33 Å². The van der Waals surface area contributed by atoms with Crippen molar-refractivity contribution in [3.8, 4) is 11.4 Å². The van der Waals surface area contributed by atoms with Crippen molar-refractivity contribution in [2.75, 3.05) is 0 Å². The molecule has 0 bridgehead atoms. The number of amides is 2. The average Bonchev–Trinajstić information content (AvgIpc) is 3.38. The number of rotatable bonds is 8. The maximum absolute atomic E-state index is 12.5. The van der Waals surface area contributed by atoms with Crippen LogP contribution in [0.3, 0.4) is 0 Å². The van der Waals surface area contributed by atoms with Gasteiger partial charge in [-0.05, 0) is 36.2 Å². The largest absolute Gasteiger partial charge is 0.489 e. The van der Waals surface area contributed by atoms with Gasteiger partial charge in [0.05, 0.1) is 11.7 Å². The van der Waals surface area contributed by atoms with Crippen LogP contribution in [-0.2, 0) is 13.2 Å². The highest BCUT2D eigenvalue weighted by Gasteiger charge is 2.11. The third-order valence-electron chi connectivity index (χ3n) is 5.07. The Balaban J connectivity index is 1.30. The molecule has 4 rings (SSSR count). The Morgan fingerprint density at radius 3 is 2.50 bits per heavy atom. The highest BCUT2D eigenvalue weighted by atomic mass is 16.5. The van der Waals surface area contributed by atoms with E-state index in [1.807, 2.05) is 85.8 Å². The Bertz CT molecular complexity index is 1130. The van der Waals surface area contributed by atoms with Gasteiger partial charge in [0.2, 0.25) is 0 Å². The fraction of sp³-hybridized carbons (Fsp3) is 0.160. The summed E-state index contributed by atoms with van der Waals surface area (Å²) in [6, 6.07) is 25.2. The van der Waals surface area contributed by atoms with Crippen LogP contribution in [0.25, 0.3) is 5.69 Å². The first-order valence-electron chi connectivity index (χ1n) is 10.4. The first kappa shape index (κ1) is 21.1. The Kier molecular flexibility index (Phi) is 6.77. The molecule has 0 radical (unpaired) electrons. The van der Waals surface area contributed by atoms with E-state index in [0.29, 0.717) is 13.2 Å². The second kappa shape index (κ2) is 10.3. The van der Waals surface area contributed by atoms with Crippen molar-refractivity contribution in [1.29, 1.82) is 0 Å². The predicted molar refractivity (Wildman–Crippen MR) is 122 cm³/mol. The van der Waals surface area contributed by atoms with Crippen LogP contribution in [0, 0.1) is 0 Å². The van der Waals surface area contributed by atoms with Gasteiger partial charge in [-0.3, -0.25) is 0 Å². The smallest absolute Gasteiger partial charge is 0.315 e. The molecule has 0 saturated heterocycles. The lowest BCUT2D eigenvalue weighted by Crippen LogP contribution is -2.36. The summed E-state index contributed by atoms with van der Waals surface area (Å²) in [6.45, 7) is 2.79. The Hall–Kier alpha value is -4.13. The van der Waals surface area contributed by atoms with Crippen LogP contribution in [-0.4, -0.2) is 20.8 Å². The summed E-state index contributed by atoms with van der Waals surface area (Å²) in [4.78, 5) is 16.4. The molecule has 1 heterocycles. The van der Waals surface area contributed by atoms with Crippen LogP contribution in [0.2, 0.25) is 0 Å². The standard InChI is InChI=1S/C25H25N5O2/c1-19(21-11-13-23(14-12-21)30-18-26-17-28-30)29-25(31)27-15-22-9-5-6-10-24(22)32-16-20-7-3-2-4-8-20/h2-14,17-19H,15-16H2,1H3,(H2,27,29,31). The summed E-state index contributed by atoms with van der Waals surface area (Å²) in [5.74, 6) is 0.758. The van der Waals surface area contributed by atoms with E-state index in [9.17, 15) is 4.79 Å². The van der Waals surface area contributed by atoms with E-state index in [2.05, 4.69) is 20.7 Å². The van der Waals surface area contributed by atoms with Crippen LogP contribution >= 0.6 is 0 Å². The molecule has 1 aromatic heterocycles. The number of benzene rings is 3. The van der Waals surface area contributed by atoms with Crippen LogP contribution in [0.1, 0.15) is 29.7 Å². The fourth-order valence-electron chi connectivity index (χ4n) is 3.29. The lowest BCUT2D eigenvalue weighted by molar-refractivity contribution is 0.237. The molecular formula is C25H25N5O2. The number of carbonyl (C=O) groups excluding carboxylic acids is 1. The molecule has 7 nitrogen and oxygen atoms in total. The van der Waals surface area contributed by atoms with Gasteiger partial charge >= 0.3 is 6.03 Å². The molecule has 0 aliphatic heterocycles. The van der Waals surface area contributed by atoms with Crippen molar-refractivity contribution < 1.29 is 9.53 Å². The maximum Gasteiger partial charge on any atom is 0.315 e. The lowest BCUT2D eigenvalue weighted by Gasteiger charge is -2.16. The number of carbonyl (C=O) groups is 1. The zero-order valence-corrected chi connectivity index (χ0v) is 17.8. The van der Waals surface area contributed by atoms with E-state index >= 15 is 0 Å². The van der Waals surface area contributed by atoms with Gasteiger partial charge in [0.25, 0.3) is 0 Å². The number of urea groups is 1. The van der Waals surface area contributed by atoms with Gasteiger partial charge in [-0.25, -0.2) is 14.5 Å². The van der Waals surface area contributed by atoms with E-state index in [1.54, 1.807) is 11.0 Å². The van der Waals surface area contributed by atoms with Gasteiger partial charge in [-0.15, -0.1) is 0 Å². The minimum atomic E-state index is -0.240. The van der Waals surface area contributed by atoms with Gasteiger partial charge in [0, 0.05) is 12.1 Å². The SMILES string of the molecule is CC(NC(=O)NCc1ccccc1OCc1ccccc1)c1ccc(-n2cncn2)cc1. The van der Waals surface area contributed by atoms with E-state index in [-0.39, 0.29) is 12.1 Å². The molecule has 0 fully saturated rings. The molecule has 162 valence electrons. The van der Waals surface area contributed by atoms with Crippen LogP contribution < -0.4 is 15.4 Å². The number of hydrogen-bond acceptors (Lipinski definition) is 4. The molecule has 32 heavy (non-hydrogen) atoms. The zero-order valence-electron chi connectivity index (χ0n) is 17.8. The first-order chi connectivity index (χ1) is 15.7. The number of para-hydroxylation sites is 1. The molecule has 2 N–H and O–H groups in total. The Labute approximate surface area is 187 Å². The van der Waals surface area contributed by atoms with E-state index in [0.717, 1.165) is 28.1 Å². The van der Waals surface area contributed by atoms with Gasteiger partial charge in [-0.1, -0.05) is 60.7 Å². The maximum atomic E-state index is 12.5. The number of hydrogen-bond donors (Lipinski definition) is 2. The highest BCUT2D eigenvalue weighted by molar-refractivity contribution is 5.74. The minimum absolute atomic E-state index is 0.149. The first-order valence-corrected chi connectivity index (χ1v) is 10.4. The zero-order chi connectivity index (χ0) is 22.2. The molecule has 1 atom stereocenters. The second-order valence-electron chi connectivity index (χ2n) is 7.36. The summed E-state index contributed by atoms with van der Waals surface area (Å²) >= 11 is 0.